The Morgan fingerprint density at radius 1 is 0.667 bits per heavy atom. The van der Waals surface area contributed by atoms with E-state index in [4.69, 9.17) is 5.26 Å². The van der Waals surface area contributed by atoms with E-state index in [0.717, 1.165) is 0 Å². The van der Waals surface area contributed by atoms with Crippen molar-refractivity contribution < 1.29 is 10.1 Å². The SMILES string of the molecule is CC(C)C(C)C(C)C(C)C(C)C(C)OO. The molecule has 0 radical (unpaired) electrons. The fourth-order valence-electron chi connectivity index (χ4n) is 2.09. The van der Waals surface area contributed by atoms with Crippen LogP contribution in [0.25, 0.3) is 0 Å². The van der Waals surface area contributed by atoms with E-state index in [1.54, 1.807) is 0 Å². The fourth-order valence-corrected chi connectivity index (χ4v) is 2.09. The molecule has 0 saturated carbocycles. The van der Waals surface area contributed by atoms with Crippen LogP contribution < -0.4 is 0 Å². The number of rotatable bonds is 6. The van der Waals surface area contributed by atoms with E-state index in [0.29, 0.717) is 29.6 Å². The third-order valence-electron chi connectivity index (χ3n) is 4.45. The molecule has 2 nitrogen and oxygen atoms in total. The molecule has 0 aliphatic heterocycles. The van der Waals surface area contributed by atoms with Crippen molar-refractivity contribution in [2.45, 2.75) is 54.6 Å². The van der Waals surface area contributed by atoms with Crippen molar-refractivity contribution in [3.63, 3.8) is 0 Å². The Balaban J connectivity index is 4.36. The second kappa shape index (κ2) is 6.49. The van der Waals surface area contributed by atoms with Gasteiger partial charge in [0, 0.05) is 0 Å². The minimum atomic E-state index is -0.0817. The van der Waals surface area contributed by atoms with Crippen LogP contribution in [-0.4, -0.2) is 11.4 Å². The van der Waals surface area contributed by atoms with Crippen molar-refractivity contribution in [2.24, 2.45) is 29.6 Å². The van der Waals surface area contributed by atoms with Crippen LogP contribution in [0, 0.1) is 29.6 Å². The molecule has 0 bridgehead atoms. The van der Waals surface area contributed by atoms with Gasteiger partial charge in [-0.1, -0.05) is 41.5 Å². The van der Waals surface area contributed by atoms with Crippen LogP contribution in [0.1, 0.15) is 48.5 Å². The first-order valence-corrected chi connectivity index (χ1v) is 6.13. The van der Waals surface area contributed by atoms with Crippen molar-refractivity contribution in [1.82, 2.24) is 0 Å². The lowest BCUT2D eigenvalue weighted by atomic mass is 9.73. The van der Waals surface area contributed by atoms with Crippen molar-refractivity contribution >= 4 is 0 Å². The first-order chi connectivity index (χ1) is 6.82. The van der Waals surface area contributed by atoms with Gasteiger partial charge in [-0.15, -0.1) is 0 Å². The predicted octanol–water partition coefficient (Wildman–Crippen LogP) is 4.06. The third kappa shape index (κ3) is 4.12. The summed E-state index contributed by atoms with van der Waals surface area (Å²) in [6.07, 6.45) is -0.0817. The summed E-state index contributed by atoms with van der Waals surface area (Å²) in [5, 5.41) is 8.68. The van der Waals surface area contributed by atoms with Crippen LogP contribution in [-0.2, 0) is 4.89 Å². The van der Waals surface area contributed by atoms with Gasteiger partial charge in [0.2, 0.25) is 0 Å². The minimum absolute atomic E-state index is 0.0817. The van der Waals surface area contributed by atoms with Gasteiger partial charge in [0.25, 0.3) is 0 Å². The van der Waals surface area contributed by atoms with Gasteiger partial charge in [0.1, 0.15) is 0 Å². The quantitative estimate of drug-likeness (QED) is 0.536. The molecule has 0 aromatic heterocycles. The lowest BCUT2D eigenvalue weighted by Gasteiger charge is -2.34. The third-order valence-corrected chi connectivity index (χ3v) is 4.45. The Kier molecular flexibility index (Phi) is 6.46. The lowest BCUT2D eigenvalue weighted by molar-refractivity contribution is -0.288. The number of hydrogen-bond acceptors (Lipinski definition) is 2. The summed E-state index contributed by atoms with van der Waals surface area (Å²) in [6, 6.07) is 0. The van der Waals surface area contributed by atoms with Crippen LogP contribution >= 0.6 is 0 Å². The van der Waals surface area contributed by atoms with Crippen LogP contribution in [0.2, 0.25) is 0 Å². The Labute approximate surface area is 95.0 Å². The summed E-state index contributed by atoms with van der Waals surface area (Å²) < 4.78 is 0. The van der Waals surface area contributed by atoms with E-state index in [9.17, 15) is 0 Å². The average molecular weight is 216 g/mol. The van der Waals surface area contributed by atoms with Gasteiger partial charge in [0.05, 0.1) is 6.10 Å². The molecule has 15 heavy (non-hydrogen) atoms. The van der Waals surface area contributed by atoms with Gasteiger partial charge in [-0.05, 0) is 36.5 Å². The molecule has 92 valence electrons. The lowest BCUT2D eigenvalue weighted by Crippen LogP contribution is -2.31. The molecule has 0 aromatic rings. The highest BCUT2D eigenvalue weighted by Gasteiger charge is 2.28. The molecule has 5 unspecified atom stereocenters. The van der Waals surface area contributed by atoms with Crippen LogP contribution in [0.3, 0.4) is 0 Å². The predicted molar refractivity (Wildman–Crippen MR) is 64.7 cm³/mol. The molecule has 0 saturated heterocycles. The fraction of sp³-hybridized carbons (Fsp3) is 1.00. The normalized spacial score (nSPS) is 22.2. The van der Waals surface area contributed by atoms with Gasteiger partial charge in [-0.3, -0.25) is 5.26 Å². The Morgan fingerprint density at radius 3 is 1.40 bits per heavy atom. The van der Waals surface area contributed by atoms with Crippen molar-refractivity contribution in [2.75, 3.05) is 0 Å². The van der Waals surface area contributed by atoms with Gasteiger partial charge in [0.15, 0.2) is 0 Å². The molecule has 0 aliphatic rings. The zero-order valence-electron chi connectivity index (χ0n) is 11.3. The summed E-state index contributed by atoms with van der Waals surface area (Å²) in [5.74, 6) is 3.00. The van der Waals surface area contributed by atoms with Crippen LogP contribution in [0.5, 0.6) is 0 Å². The largest absolute Gasteiger partial charge is 0.252 e. The molecule has 0 rings (SSSR count). The van der Waals surface area contributed by atoms with E-state index in [2.05, 4.69) is 46.4 Å². The molecule has 0 aliphatic carbocycles. The van der Waals surface area contributed by atoms with Gasteiger partial charge in [-0.2, -0.15) is 0 Å². The highest BCUT2D eigenvalue weighted by atomic mass is 17.1. The summed E-state index contributed by atoms with van der Waals surface area (Å²) in [4.78, 5) is 4.42. The number of hydrogen-bond donors (Lipinski definition) is 1. The summed E-state index contributed by atoms with van der Waals surface area (Å²) in [7, 11) is 0. The molecule has 0 amide bonds. The van der Waals surface area contributed by atoms with Crippen molar-refractivity contribution in [3.05, 3.63) is 0 Å². The second-order valence-corrected chi connectivity index (χ2v) is 5.49. The molecule has 2 heteroatoms. The molecule has 1 N–H and O–H groups in total. The summed E-state index contributed by atoms with van der Waals surface area (Å²) in [6.45, 7) is 15.5. The van der Waals surface area contributed by atoms with E-state index >= 15 is 0 Å². The first-order valence-electron chi connectivity index (χ1n) is 6.13. The first kappa shape index (κ1) is 14.9. The van der Waals surface area contributed by atoms with Gasteiger partial charge < -0.3 is 0 Å². The van der Waals surface area contributed by atoms with E-state index < -0.39 is 0 Å². The Morgan fingerprint density at radius 2 is 1.07 bits per heavy atom. The van der Waals surface area contributed by atoms with Gasteiger partial charge in [-0.25, -0.2) is 4.89 Å². The summed E-state index contributed by atoms with van der Waals surface area (Å²) >= 11 is 0. The molecule has 0 heterocycles. The molecule has 5 atom stereocenters. The van der Waals surface area contributed by atoms with Crippen LogP contribution in [0.15, 0.2) is 0 Å². The average Bonchev–Trinajstić information content (AvgIpc) is 2.23. The highest BCUT2D eigenvalue weighted by molar-refractivity contribution is 4.76. The topological polar surface area (TPSA) is 29.5 Å². The standard InChI is InChI=1S/C13H28O2/c1-8(2)9(3)10(4)11(5)12(6)13(7)15-14/h8-14H,1-7H3. The summed E-state index contributed by atoms with van der Waals surface area (Å²) in [5.41, 5.74) is 0. The minimum Gasteiger partial charge on any atom is -0.252 e. The Hall–Kier alpha value is -0.0800. The van der Waals surface area contributed by atoms with Gasteiger partial charge >= 0.3 is 0 Å². The molecular weight excluding hydrogens is 188 g/mol. The zero-order valence-corrected chi connectivity index (χ0v) is 11.3. The molecule has 0 aromatic carbocycles. The van der Waals surface area contributed by atoms with Crippen molar-refractivity contribution in [3.8, 4) is 0 Å². The highest BCUT2D eigenvalue weighted by Crippen LogP contribution is 2.32. The van der Waals surface area contributed by atoms with E-state index in [1.165, 1.54) is 0 Å². The molecule has 0 fully saturated rings. The Bertz CT molecular complexity index is 168. The maximum Gasteiger partial charge on any atom is 0.0927 e. The second-order valence-electron chi connectivity index (χ2n) is 5.49. The molecular formula is C13H28O2. The van der Waals surface area contributed by atoms with Crippen LogP contribution in [0.4, 0.5) is 0 Å². The maximum absolute atomic E-state index is 8.68. The van der Waals surface area contributed by atoms with E-state index in [1.807, 2.05) is 6.92 Å². The monoisotopic (exact) mass is 216 g/mol. The zero-order chi connectivity index (χ0) is 12.2. The molecule has 0 spiro atoms. The van der Waals surface area contributed by atoms with Crippen molar-refractivity contribution in [1.29, 1.82) is 0 Å². The maximum atomic E-state index is 8.68. The smallest absolute Gasteiger partial charge is 0.0927 e. The van der Waals surface area contributed by atoms with E-state index in [-0.39, 0.29) is 6.10 Å².